The molecule has 0 bridgehead atoms. The highest BCUT2D eigenvalue weighted by atomic mass is 19.4. The molecule has 0 fully saturated rings. The third kappa shape index (κ3) is 3.16. The van der Waals surface area contributed by atoms with Crippen molar-refractivity contribution in [2.24, 2.45) is 0 Å². The number of rotatable bonds is 3. The Balaban J connectivity index is 1.98. The maximum Gasteiger partial charge on any atom is 0.418 e. The lowest BCUT2D eigenvalue weighted by atomic mass is 9.98. The lowest BCUT2D eigenvalue weighted by Gasteiger charge is -2.32. The molecule has 1 aliphatic heterocycles. The quantitative estimate of drug-likeness (QED) is 0.872. The molecule has 1 aliphatic rings. The third-order valence-electron chi connectivity index (χ3n) is 4.00. The van der Waals surface area contributed by atoms with Crippen LogP contribution in [0.5, 0.6) is 0 Å². The van der Waals surface area contributed by atoms with E-state index in [2.05, 4.69) is 5.32 Å². The number of benzene rings is 2. The van der Waals surface area contributed by atoms with Crippen LogP contribution in [0.4, 0.5) is 24.5 Å². The average Bonchev–Trinajstić information content (AvgIpc) is 2.54. The molecule has 0 saturated heterocycles. The van der Waals surface area contributed by atoms with E-state index in [0.717, 1.165) is 11.6 Å². The average molecular weight is 320 g/mol. The predicted octanol–water partition coefficient (Wildman–Crippen LogP) is 3.84. The van der Waals surface area contributed by atoms with Crippen LogP contribution in [0, 0.1) is 0 Å². The highest BCUT2D eigenvalue weighted by Gasteiger charge is 2.35. The smallest absolute Gasteiger partial charge is 0.366 e. The number of hydrogen-bond donors (Lipinski definition) is 1. The van der Waals surface area contributed by atoms with Gasteiger partial charge >= 0.3 is 6.18 Å². The van der Waals surface area contributed by atoms with E-state index in [0.29, 0.717) is 25.9 Å². The van der Waals surface area contributed by atoms with Crippen molar-refractivity contribution < 1.29 is 18.0 Å². The van der Waals surface area contributed by atoms with E-state index in [9.17, 15) is 18.0 Å². The fourth-order valence-electron chi connectivity index (χ4n) is 2.90. The zero-order chi connectivity index (χ0) is 16.4. The molecule has 0 saturated carbocycles. The Labute approximate surface area is 131 Å². The Bertz CT molecular complexity index is 728. The van der Waals surface area contributed by atoms with Crippen LogP contribution in [0.3, 0.4) is 0 Å². The van der Waals surface area contributed by atoms with Gasteiger partial charge in [0.15, 0.2) is 0 Å². The monoisotopic (exact) mass is 320 g/mol. The summed E-state index contributed by atoms with van der Waals surface area (Å²) in [6.45, 7) is 0.972. The molecule has 0 aliphatic carbocycles. The minimum Gasteiger partial charge on any atom is -0.366 e. The van der Waals surface area contributed by atoms with Crippen molar-refractivity contribution in [3.8, 4) is 0 Å². The van der Waals surface area contributed by atoms with E-state index in [-0.39, 0.29) is 11.4 Å². The fourth-order valence-corrected chi connectivity index (χ4v) is 2.90. The van der Waals surface area contributed by atoms with Crippen LogP contribution in [0.15, 0.2) is 42.5 Å². The number of carbonyl (C=O) groups excluding carboxylic acids is 1. The molecule has 6 heteroatoms. The first kappa shape index (κ1) is 15.4. The number of nitrogens with one attached hydrogen (secondary N) is 1. The molecule has 1 N–H and O–H groups in total. The molecule has 1 amide bonds. The number of nitrogens with zero attached hydrogens (tertiary/aromatic N) is 1. The van der Waals surface area contributed by atoms with Gasteiger partial charge in [-0.15, -0.1) is 0 Å². The molecule has 3 rings (SSSR count). The van der Waals surface area contributed by atoms with Gasteiger partial charge in [-0.2, -0.15) is 13.2 Å². The predicted molar refractivity (Wildman–Crippen MR) is 82.3 cm³/mol. The molecule has 23 heavy (non-hydrogen) atoms. The molecule has 3 nitrogen and oxygen atoms in total. The molecule has 0 radical (unpaired) electrons. The van der Waals surface area contributed by atoms with Gasteiger partial charge in [-0.3, -0.25) is 4.79 Å². The van der Waals surface area contributed by atoms with E-state index >= 15 is 0 Å². The maximum absolute atomic E-state index is 13.4. The summed E-state index contributed by atoms with van der Waals surface area (Å²) in [6.07, 6.45) is -3.40. The maximum atomic E-state index is 13.4. The molecule has 0 aromatic heterocycles. The second-order valence-electron chi connectivity index (χ2n) is 5.43. The summed E-state index contributed by atoms with van der Waals surface area (Å²) in [7, 11) is 0. The Morgan fingerprint density at radius 2 is 1.83 bits per heavy atom. The summed E-state index contributed by atoms with van der Waals surface area (Å²) in [6, 6.07) is 11.7. The summed E-state index contributed by atoms with van der Waals surface area (Å²) in [5, 5.41) is 2.27. The first-order chi connectivity index (χ1) is 11.0. The van der Waals surface area contributed by atoms with Gasteiger partial charge in [0.25, 0.3) is 0 Å². The van der Waals surface area contributed by atoms with Gasteiger partial charge in [0.2, 0.25) is 6.41 Å². The molecular weight excluding hydrogens is 305 g/mol. The molecule has 0 spiro atoms. The standard InChI is InChI=1S/C17H15F3N2O/c18-17(19,20)15-9-14(21-11-23)5-6-16(15)22-8-7-12-3-1-2-4-13(12)10-22/h1-6,9,11H,7-8,10H2,(H,21,23). The number of halogens is 3. The van der Waals surface area contributed by atoms with E-state index in [1.54, 1.807) is 4.90 Å². The molecule has 120 valence electrons. The molecule has 2 aromatic carbocycles. The Morgan fingerprint density at radius 3 is 2.52 bits per heavy atom. The van der Waals surface area contributed by atoms with Crippen LogP contribution in [0.25, 0.3) is 0 Å². The summed E-state index contributed by atoms with van der Waals surface area (Å²) >= 11 is 0. The first-order valence-electron chi connectivity index (χ1n) is 7.22. The molecule has 2 aromatic rings. The largest absolute Gasteiger partial charge is 0.418 e. The van der Waals surface area contributed by atoms with E-state index < -0.39 is 11.7 Å². The third-order valence-corrected chi connectivity index (χ3v) is 4.00. The van der Waals surface area contributed by atoms with Crippen LogP contribution < -0.4 is 10.2 Å². The number of fused-ring (bicyclic) bond motifs is 1. The number of amides is 1. The van der Waals surface area contributed by atoms with Crippen LogP contribution >= 0.6 is 0 Å². The second-order valence-corrected chi connectivity index (χ2v) is 5.43. The van der Waals surface area contributed by atoms with Crippen molar-refractivity contribution in [1.82, 2.24) is 0 Å². The van der Waals surface area contributed by atoms with Gasteiger partial charge in [0.05, 0.1) is 5.56 Å². The highest BCUT2D eigenvalue weighted by molar-refractivity contribution is 5.74. The minimum atomic E-state index is -4.48. The highest BCUT2D eigenvalue weighted by Crippen LogP contribution is 2.39. The second kappa shape index (κ2) is 5.95. The minimum absolute atomic E-state index is 0.133. The van der Waals surface area contributed by atoms with Crippen molar-refractivity contribution in [3.63, 3.8) is 0 Å². The van der Waals surface area contributed by atoms with Crippen LogP contribution in [-0.2, 0) is 23.9 Å². The van der Waals surface area contributed by atoms with Gasteiger partial charge in [0.1, 0.15) is 0 Å². The van der Waals surface area contributed by atoms with Gasteiger partial charge in [0, 0.05) is 24.5 Å². The Hall–Kier alpha value is -2.50. The van der Waals surface area contributed by atoms with Crippen molar-refractivity contribution in [2.45, 2.75) is 19.1 Å². The van der Waals surface area contributed by atoms with Gasteiger partial charge in [-0.25, -0.2) is 0 Å². The molecular formula is C17H15F3N2O. The summed E-state index contributed by atoms with van der Waals surface area (Å²) in [5.41, 5.74) is 1.76. The topological polar surface area (TPSA) is 32.3 Å². The SMILES string of the molecule is O=CNc1ccc(N2CCc3ccccc3C2)c(C(F)(F)F)c1. The lowest BCUT2D eigenvalue weighted by molar-refractivity contribution is -0.137. The number of anilines is 2. The van der Waals surface area contributed by atoms with E-state index in [1.807, 2.05) is 24.3 Å². The van der Waals surface area contributed by atoms with Gasteiger partial charge in [-0.05, 0) is 35.7 Å². The Kier molecular flexibility index (Phi) is 3.98. The normalized spacial score (nSPS) is 14.3. The van der Waals surface area contributed by atoms with E-state index in [4.69, 9.17) is 0 Å². The fraction of sp³-hybridized carbons (Fsp3) is 0.235. The van der Waals surface area contributed by atoms with Crippen LogP contribution in [-0.4, -0.2) is 13.0 Å². The van der Waals surface area contributed by atoms with Crippen molar-refractivity contribution in [1.29, 1.82) is 0 Å². The number of carbonyl (C=O) groups is 1. The van der Waals surface area contributed by atoms with Crippen LogP contribution in [0.1, 0.15) is 16.7 Å². The number of hydrogen-bond acceptors (Lipinski definition) is 2. The van der Waals surface area contributed by atoms with Gasteiger partial charge < -0.3 is 10.2 Å². The van der Waals surface area contributed by atoms with Crippen molar-refractivity contribution >= 4 is 17.8 Å². The van der Waals surface area contributed by atoms with Crippen LogP contribution in [0.2, 0.25) is 0 Å². The Morgan fingerprint density at radius 1 is 1.09 bits per heavy atom. The van der Waals surface area contributed by atoms with Crippen molar-refractivity contribution in [2.75, 3.05) is 16.8 Å². The van der Waals surface area contributed by atoms with Gasteiger partial charge in [-0.1, -0.05) is 24.3 Å². The molecule has 0 unspecified atom stereocenters. The zero-order valence-corrected chi connectivity index (χ0v) is 12.2. The first-order valence-corrected chi connectivity index (χ1v) is 7.22. The summed E-state index contributed by atoms with van der Waals surface area (Å²) < 4.78 is 40.1. The molecule has 0 atom stereocenters. The zero-order valence-electron chi connectivity index (χ0n) is 12.2. The lowest BCUT2D eigenvalue weighted by Crippen LogP contribution is -2.32. The number of alkyl halides is 3. The molecule has 1 heterocycles. The summed E-state index contributed by atoms with van der Waals surface area (Å²) in [5.74, 6) is 0. The summed E-state index contributed by atoms with van der Waals surface area (Å²) in [4.78, 5) is 12.2. The van der Waals surface area contributed by atoms with Crippen molar-refractivity contribution in [3.05, 3.63) is 59.2 Å². The van der Waals surface area contributed by atoms with E-state index in [1.165, 1.54) is 17.7 Å².